The normalized spacial score (nSPS) is 21.2. The SMILES string of the molecule is Cc1cc(C)c(N2CCC(C(N)=O)CC2)c(-c2ccnc3cc(CN4C(=O)C5C(C4=O)C5(C)C)sc23)n1.O=C(O)C(F)(F)F. The number of thiophene rings is 1. The minimum absolute atomic E-state index is 0.0525. The van der Waals surface area contributed by atoms with Gasteiger partial charge in [-0.3, -0.25) is 29.3 Å². The molecule has 3 fully saturated rings. The first-order valence-electron chi connectivity index (χ1n) is 14.1. The molecule has 3 aromatic rings. The highest BCUT2D eigenvalue weighted by Gasteiger charge is 2.72. The van der Waals surface area contributed by atoms with Crippen molar-refractivity contribution >= 4 is 50.9 Å². The first-order valence-corrected chi connectivity index (χ1v) is 14.9. The number of aliphatic carboxylic acids is 1. The number of likely N-dealkylation sites (tertiary alicyclic amines) is 1. The lowest BCUT2D eigenvalue weighted by Crippen LogP contribution is -2.39. The number of carbonyl (C=O) groups excluding carboxylic acids is 3. The number of pyridine rings is 2. The molecule has 6 rings (SSSR count). The minimum atomic E-state index is -5.08. The van der Waals surface area contributed by atoms with Crippen molar-refractivity contribution in [3.8, 4) is 11.3 Å². The standard InChI is InChI=1S/C28H31N5O3S.C2HF3O2/c1-14-11-15(2)31-22(23(14)32-9-6-16(7-10-32)25(29)34)18-5-8-30-19-12-17(37-24(18)19)13-33-26(35)20-21(27(33)36)28(20,3)4;3-2(4,5)1(6)7/h5,8,11-12,16,20-21H,6-7,9-10,13H2,1-4H3,(H2,29,34);(H,6,7). The Morgan fingerprint density at radius 2 is 1.70 bits per heavy atom. The number of fused-ring (bicyclic) bond motifs is 2. The van der Waals surface area contributed by atoms with E-state index in [1.54, 1.807) is 17.5 Å². The third-order valence-electron chi connectivity index (χ3n) is 8.69. The average molecular weight is 632 g/mol. The third kappa shape index (κ3) is 5.62. The summed E-state index contributed by atoms with van der Waals surface area (Å²) in [6, 6.07) is 6.07. The van der Waals surface area contributed by atoms with Gasteiger partial charge in [0.1, 0.15) is 0 Å². The van der Waals surface area contributed by atoms with Crippen LogP contribution < -0.4 is 10.6 Å². The molecule has 0 bridgehead atoms. The van der Waals surface area contributed by atoms with Crippen LogP contribution in [-0.4, -0.2) is 62.9 Å². The number of carboxylic acid groups (broad SMARTS) is 1. The van der Waals surface area contributed by atoms with E-state index in [9.17, 15) is 27.6 Å². The number of aromatic nitrogens is 2. The zero-order valence-corrected chi connectivity index (χ0v) is 25.4. The van der Waals surface area contributed by atoms with Gasteiger partial charge in [0.15, 0.2) is 0 Å². The molecule has 2 unspecified atom stereocenters. The van der Waals surface area contributed by atoms with Gasteiger partial charge in [0, 0.05) is 41.3 Å². The summed E-state index contributed by atoms with van der Waals surface area (Å²) in [6.07, 6.45) is -1.83. The van der Waals surface area contributed by atoms with Gasteiger partial charge in [-0.25, -0.2) is 4.79 Å². The van der Waals surface area contributed by atoms with E-state index in [0.29, 0.717) is 0 Å². The molecule has 0 radical (unpaired) electrons. The molecule has 2 aliphatic heterocycles. The Hall–Kier alpha value is -4.07. The number of primary amides is 1. The largest absolute Gasteiger partial charge is 0.490 e. The zero-order chi connectivity index (χ0) is 32.3. The van der Waals surface area contributed by atoms with Crippen molar-refractivity contribution in [2.75, 3.05) is 18.0 Å². The van der Waals surface area contributed by atoms with Crippen LogP contribution >= 0.6 is 11.3 Å². The lowest BCUT2D eigenvalue weighted by molar-refractivity contribution is -0.192. The molecule has 3 N–H and O–H groups in total. The molecular weight excluding hydrogens is 599 g/mol. The number of nitrogens with two attached hydrogens (primary N) is 1. The van der Waals surface area contributed by atoms with Gasteiger partial charge in [0.05, 0.1) is 40.0 Å². The van der Waals surface area contributed by atoms with Crippen molar-refractivity contribution in [1.82, 2.24) is 14.9 Å². The molecular formula is C30H32F3N5O5S. The zero-order valence-electron chi connectivity index (χ0n) is 24.6. The predicted octanol–water partition coefficient (Wildman–Crippen LogP) is 4.45. The van der Waals surface area contributed by atoms with E-state index in [1.807, 2.05) is 32.9 Å². The first-order chi connectivity index (χ1) is 20.5. The number of alkyl halides is 3. The molecule has 3 aliphatic rings. The topological polar surface area (TPSA) is 147 Å². The maximum atomic E-state index is 12.9. The molecule has 14 heteroatoms. The summed E-state index contributed by atoms with van der Waals surface area (Å²) in [4.78, 5) is 60.6. The van der Waals surface area contributed by atoms with Gasteiger partial charge in [-0.1, -0.05) is 13.8 Å². The molecule has 2 atom stereocenters. The Morgan fingerprint density at radius 1 is 1.11 bits per heavy atom. The number of carbonyl (C=O) groups is 4. The van der Waals surface area contributed by atoms with Crippen LogP contribution in [-0.2, 0) is 25.7 Å². The summed E-state index contributed by atoms with van der Waals surface area (Å²) in [7, 11) is 0. The lowest BCUT2D eigenvalue weighted by Gasteiger charge is -2.34. The third-order valence-corrected chi connectivity index (χ3v) is 9.83. The fraction of sp³-hybridized carbons (Fsp3) is 0.467. The van der Waals surface area contributed by atoms with Crippen molar-refractivity contribution in [2.45, 2.75) is 53.3 Å². The van der Waals surface area contributed by atoms with Gasteiger partial charge in [-0.2, -0.15) is 13.2 Å². The minimum Gasteiger partial charge on any atom is -0.475 e. The summed E-state index contributed by atoms with van der Waals surface area (Å²) in [5, 5.41) is 7.12. The molecule has 10 nitrogen and oxygen atoms in total. The fourth-order valence-corrected chi connectivity index (χ4v) is 7.49. The van der Waals surface area contributed by atoms with Gasteiger partial charge >= 0.3 is 12.1 Å². The van der Waals surface area contributed by atoms with Crippen LogP contribution in [0.2, 0.25) is 0 Å². The van der Waals surface area contributed by atoms with Gasteiger partial charge < -0.3 is 15.7 Å². The maximum absolute atomic E-state index is 12.9. The number of hydrogen-bond donors (Lipinski definition) is 2. The number of aryl methyl sites for hydroxylation is 2. The van der Waals surface area contributed by atoms with E-state index in [4.69, 9.17) is 20.6 Å². The van der Waals surface area contributed by atoms with Crippen LogP contribution in [0.25, 0.3) is 21.5 Å². The second kappa shape index (κ2) is 11.1. The van der Waals surface area contributed by atoms with E-state index in [-0.39, 0.29) is 47.4 Å². The second-order valence-electron chi connectivity index (χ2n) is 12.1. The van der Waals surface area contributed by atoms with E-state index < -0.39 is 12.1 Å². The van der Waals surface area contributed by atoms with Gasteiger partial charge in [-0.15, -0.1) is 11.3 Å². The van der Waals surface area contributed by atoms with Crippen LogP contribution in [0.5, 0.6) is 0 Å². The smallest absolute Gasteiger partial charge is 0.475 e. The summed E-state index contributed by atoms with van der Waals surface area (Å²) in [5.74, 6) is -3.53. The van der Waals surface area contributed by atoms with E-state index in [1.165, 1.54) is 4.90 Å². The molecule has 0 aromatic carbocycles. The number of hydrogen-bond acceptors (Lipinski definition) is 8. The molecule has 2 saturated heterocycles. The number of anilines is 1. The monoisotopic (exact) mass is 631 g/mol. The number of rotatable bonds is 5. The number of nitrogens with zero attached hydrogens (tertiary/aromatic N) is 4. The highest BCUT2D eigenvalue weighted by atomic mass is 32.1. The Labute approximate surface area is 255 Å². The number of halogens is 3. The molecule has 1 aliphatic carbocycles. The predicted molar refractivity (Wildman–Crippen MR) is 156 cm³/mol. The lowest BCUT2D eigenvalue weighted by atomic mass is 9.94. The molecule has 3 aromatic heterocycles. The van der Waals surface area contributed by atoms with Crippen LogP contribution in [0.4, 0.5) is 18.9 Å². The molecule has 234 valence electrons. The van der Waals surface area contributed by atoms with Crippen molar-refractivity contribution < 1.29 is 37.5 Å². The van der Waals surface area contributed by atoms with Gasteiger partial charge in [0.25, 0.3) is 0 Å². The summed E-state index contributed by atoms with van der Waals surface area (Å²) >= 11 is 1.57. The number of imide groups is 1. The number of amides is 3. The van der Waals surface area contributed by atoms with Gasteiger partial charge in [0.2, 0.25) is 17.7 Å². The van der Waals surface area contributed by atoms with Crippen molar-refractivity contribution in [3.05, 3.63) is 40.5 Å². The Kier molecular flexibility index (Phi) is 7.93. The fourth-order valence-electron chi connectivity index (χ4n) is 6.37. The van der Waals surface area contributed by atoms with E-state index >= 15 is 0 Å². The van der Waals surface area contributed by atoms with Crippen molar-refractivity contribution in [2.24, 2.45) is 28.9 Å². The molecule has 1 saturated carbocycles. The van der Waals surface area contributed by atoms with Crippen LogP contribution in [0, 0.1) is 37.0 Å². The first kappa shape index (κ1) is 31.4. The quantitative estimate of drug-likeness (QED) is 0.393. The molecule has 3 amide bonds. The van der Waals surface area contributed by atoms with E-state index in [2.05, 4.69) is 22.9 Å². The average Bonchev–Trinajstić information content (AvgIpc) is 3.17. The molecule has 5 heterocycles. The molecule has 44 heavy (non-hydrogen) atoms. The molecule has 0 spiro atoms. The van der Waals surface area contributed by atoms with E-state index in [0.717, 1.165) is 69.2 Å². The Balaban J connectivity index is 0.000000493. The summed E-state index contributed by atoms with van der Waals surface area (Å²) < 4.78 is 32.7. The highest BCUT2D eigenvalue weighted by Crippen LogP contribution is 2.63. The van der Waals surface area contributed by atoms with Crippen LogP contribution in [0.15, 0.2) is 24.4 Å². The Bertz CT molecular complexity index is 1660. The number of piperidine rings is 2. The maximum Gasteiger partial charge on any atom is 0.490 e. The summed E-state index contributed by atoms with van der Waals surface area (Å²) in [5.41, 5.74) is 11.2. The Morgan fingerprint density at radius 3 is 2.25 bits per heavy atom. The van der Waals surface area contributed by atoms with Crippen LogP contribution in [0.1, 0.15) is 42.8 Å². The van der Waals surface area contributed by atoms with Crippen LogP contribution in [0.3, 0.4) is 0 Å². The second-order valence-corrected chi connectivity index (χ2v) is 13.2. The van der Waals surface area contributed by atoms with Crippen molar-refractivity contribution in [1.29, 1.82) is 0 Å². The van der Waals surface area contributed by atoms with Crippen molar-refractivity contribution in [3.63, 3.8) is 0 Å². The highest BCUT2D eigenvalue weighted by molar-refractivity contribution is 7.19. The van der Waals surface area contributed by atoms with Gasteiger partial charge in [-0.05, 0) is 55.9 Å². The number of carboxylic acids is 1. The summed E-state index contributed by atoms with van der Waals surface area (Å²) in [6.45, 7) is 9.86.